The summed E-state index contributed by atoms with van der Waals surface area (Å²) >= 11 is 0. The summed E-state index contributed by atoms with van der Waals surface area (Å²) in [6.45, 7) is 9.06. The maximum atomic E-state index is 11.5. The molecule has 5 nitrogen and oxygen atoms in total. The number of fused-ring (bicyclic) bond motifs is 1. The summed E-state index contributed by atoms with van der Waals surface area (Å²) in [5.41, 5.74) is 2.81. The molecule has 1 aromatic carbocycles. The van der Waals surface area contributed by atoms with Crippen molar-refractivity contribution in [2.75, 3.05) is 13.1 Å². The van der Waals surface area contributed by atoms with Crippen molar-refractivity contribution in [3.8, 4) is 5.75 Å². The summed E-state index contributed by atoms with van der Waals surface area (Å²) in [4.78, 5) is 23.9. The van der Waals surface area contributed by atoms with Crippen LogP contribution in [0.2, 0.25) is 0 Å². The van der Waals surface area contributed by atoms with E-state index in [2.05, 4.69) is 18.7 Å². The van der Waals surface area contributed by atoms with Gasteiger partial charge < -0.3 is 9.99 Å². The normalized spacial score (nSPS) is 14.2. The Morgan fingerprint density at radius 3 is 2.55 bits per heavy atom. The van der Waals surface area contributed by atoms with Crippen LogP contribution in [-0.2, 0) is 22.8 Å². The topological polar surface area (TPSA) is 59.0 Å². The van der Waals surface area contributed by atoms with E-state index in [1.54, 1.807) is 0 Å². The Morgan fingerprint density at radius 2 is 2.00 bits per heavy atom. The number of aliphatic carboxylic acids is 1. The number of rotatable bonds is 7. The summed E-state index contributed by atoms with van der Waals surface area (Å²) in [5.74, 6) is -0.555. The van der Waals surface area contributed by atoms with Gasteiger partial charge in [0.05, 0.1) is 5.92 Å². The third kappa shape index (κ3) is 3.91. The van der Waals surface area contributed by atoms with Gasteiger partial charge in [-0.1, -0.05) is 20.8 Å². The molecule has 0 aromatic heterocycles. The van der Waals surface area contributed by atoms with Crippen molar-refractivity contribution in [2.45, 2.75) is 46.3 Å². The van der Waals surface area contributed by atoms with Crippen LogP contribution in [0.15, 0.2) is 12.1 Å². The molecule has 124 valence electrons. The number of carboxylic acid groups (broad SMARTS) is 1. The zero-order valence-corrected chi connectivity index (χ0v) is 14.1. The molecule has 1 aromatic rings. The third-order valence-electron chi connectivity index (χ3n) is 4.06. The van der Waals surface area contributed by atoms with Crippen LogP contribution in [-0.4, -0.2) is 29.1 Å². The molecule has 0 fully saturated rings. The molecule has 1 N–H and O–H groups in total. The van der Waals surface area contributed by atoms with Crippen molar-refractivity contribution in [3.63, 3.8) is 0 Å². The van der Waals surface area contributed by atoms with E-state index in [9.17, 15) is 9.90 Å². The van der Waals surface area contributed by atoms with Crippen molar-refractivity contribution < 1.29 is 19.7 Å². The number of carboxylic acids is 1. The molecule has 1 heterocycles. The van der Waals surface area contributed by atoms with Crippen LogP contribution in [0.4, 0.5) is 0 Å². The number of nitrogens with zero attached hydrogens (tertiary/aromatic N) is 1. The predicted molar refractivity (Wildman–Crippen MR) is 86.4 cm³/mol. The van der Waals surface area contributed by atoms with Crippen LogP contribution < -0.4 is 4.89 Å². The van der Waals surface area contributed by atoms with Crippen LogP contribution >= 0.6 is 12.4 Å². The van der Waals surface area contributed by atoms with Crippen LogP contribution in [0, 0.1) is 0 Å². The van der Waals surface area contributed by atoms with Gasteiger partial charge in [-0.3, -0.25) is 9.69 Å². The fourth-order valence-electron chi connectivity index (χ4n) is 2.71. The van der Waals surface area contributed by atoms with E-state index in [0.29, 0.717) is 18.8 Å². The second-order valence-electron chi connectivity index (χ2n) is 5.26. The van der Waals surface area contributed by atoms with Gasteiger partial charge in [0.2, 0.25) is 0 Å². The molecule has 6 heteroatoms. The molecule has 0 spiro atoms. The quantitative estimate of drug-likeness (QED) is 0.777. The summed E-state index contributed by atoms with van der Waals surface area (Å²) in [6, 6.07) is 3.87. The summed E-state index contributed by atoms with van der Waals surface area (Å²) in [7, 11) is 0. The molecule has 0 amide bonds. The van der Waals surface area contributed by atoms with Gasteiger partial charge >= 0.3 is 5.97 Å². The van der Waals surface area contributed by atoms with Gasteiger partial charge in [-0.05, 0) is 42.8 Å². The summed E-state index contributed by atoms with van der Waals surface area (Å²) in [5, 5.41) is 9.47. The maximum absolute atomic E-state index is 11.5. The molecule has 0 bridgehead atoms. The molecule has 0 radical (unpaired) electrons. The van der Waals surface area contributed by atoms with Gasteiger partial charge in [0, 0.05) is 12.1 Å². The monoisotopic (exact) mass is 329 g/mol. The van der Waals surface area contributed by atoms with Gasteiger partial charge in [0.1, 0.15) is 6.61 Å². The standard InChI is InChI=1S/C16H23NO4.ClH/c1-4-13(16(18)19)14-7-12-10-20-21-15(12)8-11(14)9-17(5-2)6-3;/h7-8,13H,4-6,9-10H2,1-3H3,(H,18,19);1H. The SMILES string of the molecule is CCC(C(=O)O)c1cc2c(cc1CN(CC)CC)OOC2.Cl. The van der Waals surface area contributed by atoms with E-state index in [-0.39, 0.29) is 12.4 Å². The Balaban J connectivity index is 0.00000242. The lowest BCUT2D eigenvalue weighted by molar-refractivity contribution is -0.194. The van der Waals surface area contributed by atoms with Gasteiger partial charge in [-0.15, -0.1) is 12.4 Å². The van der Waals surface area contributed by atoms with Gasteiger partial charge in [0.15, 0.2) is 5.75 Å². The number of benzene rings is 1. The number of hydrogen-bond donors (Lipinski definition) is 1. The van der Waals surface area contributed by atoms with E-state index >= 15 is 0 Å². The van der Waals surface area contributed by atoms with E-state index in [0.717, 1.165) is 36.3 Å². The first-order valence-corrected chi connectivity index (χ1v) is 7.50. The van der Waals surface area contributed by atoms with E-state index in [1.807, 2.05) is 19.1 Å². The summed E-state index contributed by atoms with van der Waals surface area (Å²) < 4.78 is 0. The minimum Gasteiger partial charge on any atom is -0.481 e. The Morgan fingerprint density at radius 1 is 1.32 bits per heavy atom. The molecular weight excluding hydrogens is 306 g/mol. The van der Waals surface area contributed by atoms with Crippen molar-refractivity contribution in [1.29, 1.82) is 0 Å². The van der Waals surface area contributed by atoms with Crippen LogP contribution in [0.1, 0.15) is 49.8 Å². The highest BCUT2D eigenvalue weighted by Crippen LogP contribution is 2.34. The molecule has 1 unspecified atom stereocenters. The lowest BCUT2D eigenvalue weighted by Gasteiger charge is -2.22. The number of hydrogen-bond acceptors (Lipinski definition) is 4. The van der Waals surface area contributed by atoms with Crippen LogP contribution in [0.3, 0.4) is 0 Å². The molecule has 0 saturated heterocycles. The fourth-order valence-corrected chi connectivity index (χ4v) is 2.71. The van der Waals surface area contributed by atoms with Crippen molar-refractivity contribution in [1.82, 2.24) is 4.90 Å². The Bertz CT molecular complexity index is 517. The highest BCUT2D eigenvalue weighted by Gasteiger charge is 2.25. The zero-order chi connectivity index (χ0) is 15.4. The largest absolute Gasteiger partial charge is 0.481 e. The first-order chi connectivity index (χ1) is 10.1. The van der Waals surface area contributed by atoms with Crippen molar-refractivity contribution >= 4 is 18.4 Å². The second kappa shape index (κ2) is 8.36. The minimum absolute atomic E-state index is 0. The molecule has 22 heavy (non-hydrogen) atoms. The van der Waals surface area contributed by atoms with E-state index in [4.69, 9.17) is 9.78 Å². The van der Waals surface area contributed by atoms with E-state index < -0.39 is 11.9 Å². The van der Waals surface area contributed by atoms with Gasteiger partial charge in [-0.25, -0.2) is 0 Å². The zero-order valence-electron chi connectivity index (χ0n) is 13.3. The average Bonchev–Trinajstić information content (AvgIpc) is 2.92. The van der Waals surface area contributed by atoms with Gasteiger partial charge in [0.25, 0.3) is 0 Å². The third-order valence-corrected chi connectivity index (χ3v) is 4.06. The van der Waals surface area contributed by atoms with Crippen LogP contribution in [0.5, 0.6) is 5.75 Å². The number of halogens is 1. The molecule has 1 aliphatic heterocycles. The first kappa shape index (κ1) is 18.7. The van der Waals surface area contributed by atoms with Gasteiger partial charge in [-0.2, -0.15) is 4.89 Å². The fraction of sp³-hybridized carbons (Fsp3) is 0.562. The van der Waals surface area contributed by atoms with Crippen LogP contribution in [0.25, 0.3) is 0 Å². The second-order valence-corrected chi connectivity index (χ2v) is 5.26. The molecule has 1 atom stereocenters. The number of carbonyl (C=O) groups is 1. The molecule has 1 aliphatic rings. The minimum atomic E-state index is -0.780. The Labute approximate surface area is 137 Å². The predicted octanol–water partition coefficient (Wildman–Crippen LogP) is 3.35. The van der Waals surface area contributed by atoms with Crippen molar-refractivity contribution in [2.24, 2.45) is 0 Å². The highest BCUT2D eigenvalue weighted by atomic mass is 35.5. The van der Waals surface area contributed by atoms with Crippen molar-refractivity contribution in [3.05, 3.63) is 28.8 Å². The lowest BCUT2D eigenvalue weighted by Crippen LogP contribution is -2.24. The Kier molecular flexibility index (Phi) is 7.13. The first-order valence-electron chi connectivity index (χ1n) is 7.50. The smallest absolute Gasteiger partial charge is 0.310 e. The average molecular weight is 330 g/mol. The molecular formula is C16H24ClNO4. The highest BCUT2D eigenvalue weighted by molar-refractivity contribution is 5.85. The Hall–Kier alpha value is -1.30. The maximum Gasteiger partial charge on any atom is 0.310 e. The lowest BCUT2D eigenvalue weighted by atomic mass is 9.90. The molecule has 0 saturated carbocycles. The van der Waals surface area contributed by atoms with E-state index in [1.165, 1.54) is 0 Å². The summed E-state index contributed by atoms with van der Waals surface area (Å²) in [6.07, 6.45) is 0.571. The molecule has 0 aliphatic carbocycles. The molecule has 2 rings (SSSR count).